The highest BCUT2D eigenvalue weighted by Crippen LogP contribution is 2.32. The van der Waals surface area contributed by atoms with Gasteiger partial charge in [-0.25, -0.2) is 4.68 Å². The molecule has 0 saturated carbocycles. The number of halogens is 1. The van der Waals surface area contributed by atoms with Crippen LogP contribution in [0.15, 0.2) is 47.1 Å². The summed E-state index contributed by atoms with van der Waals surface area (Å²) in [5.41, 5.74) is 1.03. The van der Waals surface area contributed by atoms with E-state index in [-0.39, 0.29) is 6.04 Å². The van der Waals surface area contributed by atoms with E-state index in [0.29, 0.717) is 6.54 Å². The Balaban J connectivity index is 1.69. The SMILES string of the molecule is CCN1CCN(C(c2ccccc2Cl)c2nnnn2Cc2ccco2)CC1. The molecule has 0 spiro atoms. The van der Waals surface area contributed by atoms with E-state index in [1.807, 2.05) is 30.3 Å². The summed E-state index contributed by atoms with van der Waals surface area (Å²) >= 11 is 6.57. The van der Waals surface area contributed by atoms with E-state index >= 15 is 0 Å². The predicted octanol–water partition coefficient (Wildman–Crippen LogP) is 2.69. The smallest absolute Gasteiger partial charge is 0.173 e. The summed E-state index contributed by atoms with van der Waals surface area (Å²) in [4.78, 5) is 4.86. The van der Waals surface area contributed by atoms with Gasteiger partial charge in [-0.1, -0.05) is 36.7 Å². The van der Waals surface area contributed by atoms with Gasteiger partial charge in [0, 0.05) is 31.2 Å². The van der Waals surface area contributed by atoms with Crippen LogP contribution in [0.4, 0.5) is 0 Å². The van der Waals surface area contributed by atoms with Crippen LogP contribution >= 0.6 is 11.6 Å². The summed E-state index contributed by atoms with van der Waals surface area (Å²) < 4.78 is 7.29. The third-order valence-electron chi connectivity index (χ3n) is 5.11. The molecule has 2 aromatic heterocycles. The van der Waals surface area contributed by atoms with Crippen molar-refractivity contribution in [1.82, 2.24) is 30.0 Å². The molecular formula is C19H23ClN6O. The number of tetrazole rings is 1. The van der Waals surface area contributed by atoms with Gasteiger partial charge in [-0.05, 0) is 40.7 Å². The first-order valence-corrected chi connectivity index (χ1v) is 9.63. The first-order chi connectivity index (χ1) is 13.3. The zero-order valence-corrected chi connectivity index (χ0v) is 16.1. The normalized spacial score (nSPS) is 17.3. The molecule has 1 atom stereocenters. The molecule has 7 nitrogen and oxygen atoms in total. The molecule has 0 amide bonds. The van der Waals surface area contributed by atoms with Gasteiger partial charge in [0.1, 0.15) is 12.3 Å². The standard InChI is InChI=1S/C19H23ClN6O/c1-2-24-9-11-25(12-10-24)18(16-7-3-4-8-17(16)20)19-21-22-23-26(19)14-15-6-5-13-27-15/h3-8,13,18H,2,9-12,14H2,1H3. The average molecular weight is 387 g/mol. The number of rotatable bonds is 6. The molecule has 0 N–H and O–H groups in total. The largest absolute Gasteiger partial charge is 0.467 e. The van der Waals surface area contributed by atoms with Crippen LogP contribution in [0.2, 0.25) is 5.02 Å². The molecule has 1 aromatic carbocycles. The number of nitrogens with zero attached hydrogens (tertiary/aromatic N) is 6. The monoisotopic (exact) mass is 386 g/mol. The lowest BCUT2D eigenvalue weighted by Crippen LogP contribution is -2.48. The summed E-state index contributed by atoms with van der Waals surface area (Å²) in [5, 5.41) is 13.3. The molecule has 1 aliphatic heterocycles. The molecule has 3 heterocycles. The summed E-state index contributed by atoms with van der Waals surface area (Å²) in [5.74, 6) is 1.60. The highest BCUT2D eigenvalue weighted by atomic mass is 35.5. The molecule has 1 fully saturated rings. The zero-order valence-electron chi connectivity index (χ0n) is 15.3. The second kappa shape index (κ2) is 8.21. The minimum absolute atomic E-state index is 0.0948. The van der Waals surface area contributed by atoms with Crippen LogP contribution in [0.25, 0.3) is 0 Å². The van der Waals surface area contributed by atoms with Crippen molar-refractivity contribution in [2.24, 2.45) is 0 Å². The van der Waals surface area contributed by atoms with Crippen LogP contribution in [0.3, 0.4) is 0 Å². The third-order valence-corrected chi connectivity index (χ3v) is 5.45. The number of benzene rings is 1. The van der Waals surface area contributed by atoms with Gasteiger partial charge in [0.05, 0.1) is 12.3 Å². The van der Waals surface area contributed by atoms with Gasteiger partial charge in [0.15, 0.2) is 5.82 Å². The Kier molecular flexibility index (Phi) is 5.52. The fourth-order valence-corrected chi connectivity index (χ4v) is 3.84. The fraction of sp³-hybridized carbons (Fsp3) is 0.421. The van der Waals surface area contributed by atoms with Crippen molar-refractivity contribution in [3.05, 3.63) is 64.8 Å². The van der Waals surface area contributed by atoms with E-state index in [2.05, 4.69) is 38.3 Å². The molecule has 0 bridgehead atoms. The van der Waals surface area contributed by atoms with Gasteiger partial charge in [-0.15, -0.1) is 5.10 Å². The molecule has 4 rings (SSSR count). The van der Waals surface area contributed by atoms with Crippen molar-refractivity contribution in [2.75, 3.05) is 32.7 Å². The topological polar surface area (TPSA) is 63.2 Å². The maximum atomic E-state index is 6.57. The molecule has 27 heavy (non-hydrogen) atoms. The molecule has 1 aliphatic rings. The molecule has 0 radical (unpaired) electrons. The lowest BCUT2D eigenvalue weighted by molar-refractivity contribution is 0.108. The molecule has 0 aliphatic carbocycles. The summed E-state index contributed by atoms with van der Waals surface area (Å²) in [6.07, 6.45) is 1.66. The Hall–Kier alpha value is -2.22. The highest BCUT2D eigenvalue weighted by molar-refractivity contribution is 6.31. The number of hydrogen-bond donors (Lipinski definition) is 0. The number of piperazine rings is 1. The van der Waals surface area contributed by atoms with Crippen LogP contribution < -0.4 is 0 Å². The van der Waals surface area contributed by atoms with Gasteiger partial charge in [0.25, 0.3) is 0 Å². The van der Waals surface area contributed by atoms with Crippen molar-refractivity contribution < 1.29 is 4.42 Å². The third kappa shape index (κ3) is 3.90. The summed E-state index contributed by atoms with van der Waals surface area (Å²) in [6, 6.07) is 11.6. The van der Waals surface area contributed by atoms with E-state index in [0.717, 1.165) is 54.9 Å². The Bertz CT molecular complexity index is 857. The first-order valence-electron chi connectivity index (χ1n) is 9.25. The molecule has 1 saturated heterocycles. The highest BCUT2D eigenvalue weighted by Gasteiger charge is 2.31. The summed E-state index contributed by atoms with van der Waals surface area (Å²) in [7, 11) is 0. The van der Waals surface area contributed by atoms with Gasteiger partial charge >= 0.3 is 0 Å². The van der Waals surface area contributed by atoms with Gasteiger partial charge in [0.2, 0.25) is 0 Å². The van der Waals surface area contributed by atoms with Crippen LogP contribution in [0, 0.1) is 0 Å². The Morgan fingerprint density at radius 1 is 1.11 bits per heavy atom. The van der Waals surface area contributed by atoms with Crippen molar-refractivity contribution in [3.8, 4) is 0 Å². The predicted molar refractivity (Wildman–Crippen MR) is 103 cm³/mol. The van der Waals surface area contributed by atoms with Crippen molar-refractivity contribution in [3.63, 3.8) is 0 Å². The van der Waals surface area contributed by atoms with Crippen LogP contribution in [0.5, 0.6) is 0 Å². The lowest BCUT2D eigenvalue weighted by atomic mass is 10.0. The maximum Gasteiger partial charge on any atom is 0.173 e. The minimum Gasteiger partial charge on any atom is -0.467 e. The van der Waals surface area contributed by atoms with Gasteiger partial charge in [-0.3, -0.25) is 4.90 Å². The minimum atomic E-state index is -0.0948. The van der Waals surface area contributed by atoms with Gasteiger partial charge < -0.3 is 9.32 Å². The number of furan rings is 1. The van der Waals surface area contributed by atoms with Crippen molar-refractivity contribution in [1.29, 1.82) is 0 Å². The number of hydrogen-bond acceptors (Lipinski definition) is 6. The van der Waals surface area contributed by atoms with Crippen LogP contribution in [-0.2, 0) is 6.54 Å². The van der Waals surface area contributed by atoms with Crippen LogP contribution in [0.1, 0.15) is 30.1 Å². The van der Waals surface area contributed by atoms with Crippen molar-refractivity contribution >= 4 is 11.6 Å². The van der Waals surface area contributed by atoms with E-state index in [4.69, 9.17) is 16.0 Å². The number of likely N-dealkylation sites (N-methyl/N-ethyl adjacent to an activating group) is 1. The van der Waals surface area contributed by atoms with E-state index in [1.165, 1.54) is 0 Å². The molecular weight excluding hydrogens is 364 g/mol. The second-order valence-electron chi connectivity index (χ2n) is 6.67. The van der Waals surface area contributed by atoms with Crippen LogP contribution in [-0.4, -0.2) is 62.7 Å². The number of aromatic nitrogens is 4. The van der Waals surface area contributed by atoms with E-state index in [9.17, 15) is 0 Å². The van der Waals surface area contributed by atoms with Gasteiger partial charge in [-0.2, -0.15) is 0 Å². The fourth-order valence-electron chi connectivity index (χ4n) is 3.60. The zero-order chi connectivity index (χ0) is 18.6. The van der Waals surface area contributed by atoms with Crippen molar-refractivity contribution in [2.45, 2.75) is 19.5 Å². The van der Waals surface area contributed by atoms with E-state index in [1.54, 1.807) is 10.9 Å². The molecule has 3 aromatic rings. The molecule has 1 unspecified atom stereocenters. The van der Waals surface area contributed by atoms with E-state index < -0.39 is 0 Å². The average Bonchev–Trinajstić information content (AvgIpc) is 3.37. The quantitative estimate of drug-likeness (QED) is 0.649. The Morgan fingerprint density at radius 2 is 1.93 bits per heavy atom. The molecule has 8 heteroatoms. The maximum absolute atomic E-state index is 6.57. The Morgan fingerprint density at radius 3 is 2.63 bits per heavy atom. The summed E-state index contributed by atoms with van der Waals surface area (Å²) in [6.45, 7) is 7.69. The second-order valence-corrected chi connectivity index (χ2v) is 7.08. The lowest BCUT2D eigenvalue weighted by Gasteiger charge is -2.38. The molecule has 142 valence electrons. The Labute approximate surface area is 163 Å². The first kappa shape index (κ1) is 18.2.